The van der Waals surface area contributed by atoms with Crippen molar-refractivity contribution in [3.05, 3.63) is 17.8 Å². The van der Waals surface area contributed by atoms with Gasteiger partial charge in [-0.25, -0.2) is 13.1 Å². The third kappa shape index (κ3) is 3.40. The number of aromatic nitrogens is 3. The quantitative estimate of drug-likeness (QED) is 0.487. The molecule has 0 aliphatic heterocycles. The van der Waals surface area contributed by atoms with E-state index in [1.165, 1.54) is 12.8 Å². The number of hydrogen-bond donors (Lipinski definition) is 0. The zero-order valence-electron chi connectivity index (χ0n) is 14.4. The molecule has 0 unspecified atom stereocenters. The van der Waals surface area contributed by atoms with Gasteiger partial charge in [0.05, 0.1) is 42.0 Å². The molecule has 1 amide bonds. The Kier molecular flexibility index (Phi) is 4.95. The number of anilines is 1. The number of rotatable bonds is 6. The SMILES string of the molecule is Cc1ccc2nc(N(I)C(=O)CCOC3CCC3)n(C3CCC3)c2n1. The fraction of sp³-hybridized carbons (Fsp3) is 0.611. The largest absolute Gasteiger partial charge is 0.378 e. The molecule has 2 saturated carbocycles. The Morgan fingerprint density at radius 1 is 1.28 bits per heavy atom. The molecule has 4 rings (SSSR count). The Morgan fingerprint density at radius 3 is 2.68 bits per heavy atom. The second-order valence-corrected chi connectivity index (χ2v) is 7.98. The van der Waals surface area contributed by atoms with Gasteiger partial charge in [-0.15, -0.1) is 0 Å². The van der Waals surface area contributed by atoms with Crippen molar-refractivity contribution in [1.29, 1.82) is 0 Å². The smallest absolute Gasteiger partial charge is 0.240 e. The van der Waals surface area contributed by atoms with E-state index < -0.39 is 0 Å². The summed E-state index contributed by atoms with van der Waals surface area (Å²) in [5.41, 5.74) is 2.72. The number of amides is 1. The van der Waals surface area contributed by atoms with Gasteiger partial charge in [0.15, 0.2) is 5.65 Å². The van der Waals surface area contributed by atoms with Gasteiger partial charge in [0.25, 0.3) is 0 Å². The third-order valence-corrected chi connectivity index (χ3v) is 6.18. The maximum Gasteiger partial charge on any atom is 0.240 e. The highest BCUT2D eigenvalue weighted by atomic mass is 127. The molecule has 2 fully saturated rings. The molecule has 0 aromatic carbocycles. The highest BCUT2D eigenvalue weighted by Crippen LogP contribution is 2.38. The van der Waals surface area contributed by atoms with Crippen LogP contribution in [0.25, 0.3) is 11.2 Å². The standard InChI is InChI=1S/C18H23IN4O2/c1-12-8-9-15-17(20-12)22(13-4-2-5-13)18(21-15)23(19)16(24)10-11-25-14-6-3-7-14/h8-9,13-14H,2-7,10-11H2,1H3. The normalized spacial score (nSPS) is 18.2. The molecule has 2 aliphatic carbocycles. The lowest BCUT2D eigenvalue weighted by atomic mass is 9.93. The second-order valence-electron chi connectivity index (χ2n) is 7.01. The molecule has 0 N–H and O–H groups in total. The molecule has 0 atom stereocenters. The molecule has 2 aliphatic rings. The summed E-state index contributed by atoms with van der Waals surface area (Å²) < 4.78 is 9.53. The van der Waals surface area contributed by atoms with E-state index in [1.807, 2.05) is 19.1 Å². The fourth-order valence-electron chi connectivity index (χ4n) is 3.24. The topological polar surface area (TPSA) is 60.3 Å². The minimum absolute atomic E-state index is 0.0347. The summed E-state index contributed by atoms with van der Waals surface area (Å²) in [4.78, 5) is 22.0. The maximum atomic E-state index is 12.6. The molecule has 0 radical (unpaired) electrons. The molecule has 134 valence electrons. The first-order chi connectivity index (χ1) is 12.1. The minimum atomic E-state index is 0.0347. The molecule has 0 bridgehead atoms. The molecule has 6 nitrogen and oxygen atoms in total. The first kappa shape index (κ1) is 17.2. The van der Waals surface area contributed by atoms with Gasteiger partial charge in [-0.2, -0.15) is 0 Å². The predicted molar refractivity (Wildman–Crippen MR) is 105 cm³/mol. The molecule has 0 saturated heterocycles. The van der Waals surface area contributed by atoms with Crippen molar-refractivity contribution in [2.45, 2.75) is 64.0 Å². The van der Waals surface area contributed by atoms with Crippen LogP contribution < -0.4 is 3.11 Å². The summed E-state index contributed by atoms with van der Waals surface area (Å²) in [5.74, 6) is 0.736. The van der Waals surface area contributed by atoms with E-state index in [0.717, 1.165) is 42.5 Å². The van der Waals surface area contributed by atoms with Crippen LogP contribution in [0.4, 0.5) is 5.95 Å². The van der Waals surface area contributed by atoms with E-state index in [0.29, 0.717) is 31.1 Å². The van der Waals surface area contributed by atoms with Crippen LogP contribution in [-0.2, 0) is 9.53 Å². The molecule has 2 aromatic rings. The van der Waals surface area contributed by atoms with Crippen LogP contribution in [-0.4, -0.2) is 33.2 Å². The average molecular weight is 454 g/mol. The van der Waals surface area contributed by atoms with Gasteiger partial charge < -0.3 is 4.74 Å². The van der Waals surface area contributed by atoms with E-state index in [-0.39, 0.29) is 5.91 Å². The first-order valence-electron chi connectivity index (χ1n) is 9.09. The number of halogens is 1. The Morgan fingerprint density at radius 2 is 2.04 bits per heavy atom. The molecule has 7 heteroatoms. The second kappa shape index (κ2) is 7.19. The lowest BCUT2D eigenvalue weighted by Gasteiger charge is -2.30. The number of imidazole rings is 1. The zero-order valence-corrected chi connectivity index (χ0v) is 16.6. The van der Waals surface area contributed by atoms with Gasteiger partial charge in [0.1, 0.15) is 5.52 Å². The van der Waals surface area contributed by atoms with Gasteiger partial charge in [-0.05, 0) is 57.6 Å². The van der Waals surface area contributed by atoms with Gasteiger partial charge in [0.2, 0.25) is 11.9 Å². The number of fused-ring (bicyclic) bond motifs is 1. The summed E-state index contributed by atoms with van der Waals surface area (Å²) >= 11 is 2.07. The Labute approximate surface area is 161 Å². The number of carbonyl (C=O) groups is 1. The van der Waals surface area contributed by atoms with E-state index in [1.54, 1.807) is 3.11 Å². The average Bonchev–Trinajstić information content (AvgIpc) is 2.86. The van der Waals surface area contributed by atoms with Gasteiger partial charge in [0, 0.05) is 11.7 Å². The molecular formula is C18H23IN4O2. The maximum absolute atomic E-state index is 12.6. The van der Waals surface area contributed by atoms with Crippen LogP contribution in [0.5, 0.6) is 0 Å². The van der Waals surface area contributed by atoms with Crippen molar-refractivity contribution >= 4 is 45.9 Å². The first-order valence-corrected chi connectivity index (χ1v) is 10.1. The minimum Gasteiger partial charge on any atom is -0.378 e. The monoisotopic (exact) mass is 454 g/mol. The van der Waals surface area contributed by atoms with Crippen LogP contribution in [0.1, 0.15) is 56.7 Å². The van der Waals surface area contributed by atoms with Crippen LogP contribution in [0.2, 0.25) is 0 Å². The predicted octanol–water partition coefficient (Wildman–Crippen LogP) is 4.11. The van der Waals surface area contributed by atoms with Crippen LogP contribution in [0.15, 0.2) is 12.1 Å². The summed E-state index contributed by atoms with van der Waals surface area (Å²) in [6.07, 6.45) is 7.72. The van der Waals surface area contributed by atoms with E-state index in [4.69, 9.17) is 9.72 Å². The third-order valence-electron chi connectivity index (χ3n) is 5.21. The van der Waals surface area contributed by atoms with Gasteiger partial charge in [-0.1, -0.05) is 0 Å². The van der Waals surface area contributed by atoms with E-state index in [2.05, 4.69) is 32.4 Å². The molecular weight excluding hydrogens is 431 g/mol. The van der Waals surface area contributed by atoms with Crippen molar-refractivity contribution in [3.8, 4) is 0 Å². The summed E-state index contributed by atoms with van der Waals surface area (Å²) in [7, 11) is 0. The lowest BCUT2D eigenvalue weighted by Crippen LogP contribution is -2.29. The summed E-state index contributed by atoms with van der Waals surface area (Å²) in [6.45, 7) is 2.48. The number of nitrogens with zero attached hydrogens (tertiary/aromatic N) is 4. The molecule has 25 heavy (non-hydrogen) atoms. The Bertz CT molecular complexity index is 783. The lowest BCUT2D eigenvalue weighted by molar-refractivity contribution is -0.119. The number of aryl methyl sites for hydroxylation is 1. The van der Waals surface area contributed by atoms with E-state index in [9.17, 15) is 4.79 Å². The van der Waals surface area contributed by atoms with Crippen LogP contribution >= 0.6 is 22.9 Å². The summed E-state index contributed by atoms with van der Waals surface area (Å²) in [5, 5.41) is 0. The van der Waals surface area contributed by atoms with Gasteiger partial charge >= 0.3 is 0 Å². The number of hydrogen-bond acceptors (Lipinski definition) is 4. The van der Waals surface area contributed by atoms with Crippen molar-refractivity contribution in [2.75, 3.05) is 9.72 Å². The Hall–Kier alpha value is -1.22. The van der Waals surface area contributed by atoms with Crippen molar-refractivity contribution < 1.29 is 9.53 Å². The van der Waals surface area contributed by atoms with Crippen LogP contribution in [0, 0.1) is 6.92 Å². The Balaban J connectivity index is 1.55. The molecule has 0 spiro atoms. The molecule has 2 heterocycles. The zero-order chi connectivity index (χ0) is 17.4. The van der Waals surface area contributed by atoms with Crippen LogP contribution in [0.3, 0.4) is 0 Å². The number of ether oxygens (including phenoxy) is 1. The van der Waals surface area contributed by atoms with Gasteiger partial charge in [-0.3, -0.25) is 9.36 Å². The highest BCUT2D eigenvalue weighted by molar-refractivity contribution is 14.1. The summed E-state index contributed by atoms with van der Waals surface area (Å²) in [6, 6.07) is 4.35. The van der Waals surface area contributed by atoms with E-state index >= 15 is 0 Å². The molecule has 2 aromatic heterocycles. The highest BCUT2D eigenvalue weighted by Gasteiger charge is 2.29. The van der Waals surface area contributed by atoms with Crippen molar-refractivity contribution in [1.82, 2.24) is 14.5 Å². The van der Waals surface area contributed by atoms with Crippen molar-refractivity contribution in [2.24, 2.45) is 0 Å². The number of carbonyl (C=O) groups excluding carboxylic acids is 1. The van der Waals surface area contributed by atoms with Crippen molar-refractivity contribution in [3.63, 3.8) is 0 Å². The fourth-order valence-corrected chi connectivity index (χ4v) is 3.82. The number of pyridine rings is 1.